The van der Waals surface area contributed by atoms with Crippen LogP contribution in [0.3, 0.4) is 0 Å². The van der Waals surface area contributed by atoms with Crippen LogP contribution in [0.15, 0.2) is 23.3 Å². The third kappa shape index (κ3) is 1.65. The SMILES string of the molecule is COc1c(-c2cnn(C)c2)ncc2nc(Br)nn12. The van der Waals surface area contributed by atoms with Crippen molar-refractivity contribution in [2.24, 2.45) is 7.05 Å². The molecule has 0 aliphatic carbocycles. The minimum absolute atomic E-state index is 0.492. The van der Waals surface area contributed by atoms with Crippen molar-refractivity contribution in [3.8, 4) is 17.1 Å². The van der Waals surface area contributed by atoms with Gasteiger partial charge in [-0.05, 0) is 15.9 Å². The number of nitrogens with zero attached hydrogens (tertiary/aromatic N) is 6. The van der Waals surface area contributed by atoms with Crippen LogP contribution in [0, 0.1) is 0 Å². The van der Waals surface area contributed by atoms with E-state index in [1.165, 1.54) is 0 Å². The van der Waals surface area contributed by atoms with Crippen LogP contribution in [0.25, 0.3) is 16.9 Å². The standard InChI is InChI=1S/C10H9BrN6O/c1-16-5-6(3-13-16)8-9(18-2)17-7(4-12-8)14-10(11)15-17/h3-5H,1-2H3. The Hall–Kier alpha value is -1.96. The zero-order valence-corrected chi connectivity index (χ0v) is 11.3. The second-order valence-corrected chi connectivity index (χ2v) is 4.38. The van der Waals surface area contributed by atoms with Crippen LogP contribution < -0.4 is 4.74 Å². The number of methoxy groups -OCH3 is 1. The number of halogens is 1. The van der Waals surface area contributed by atoms with E-state index in [1.807, 2.05) is 13.2 Å². The lowest BCUT2D eigenvalue weighted by molar-refractivity contribution is 0.385. The molecule has 3 heterocycles. The van der Waals surface area contributed by atoms with Gasteiger partial charge in [-0.25, -0.2) is 4.98 Å². The van der Waals surface area contributed by atoms with Crippen LogP contribution in [0.1, 0.15) is 0 Å². The second kappa shape index (κ2) is 4.05. The fourth-order valence-electron chi connectivity index (χ4n) is 1.73. The molecule has 0 bridgehead atoms. The molecule has 0 unspecified atom stereocenters. The number of aryl methyl sites for hydroxylation is 1. The first-order valence-electron chi connectivity index (χ1n) is 5.13. The summed E-state index contributed by atoms with van der Waals surface area (Å²) < 4.78 is 9.17. The van der Waals surface area contributed by atoms with E-state index in [-0.39, 0.29) is 0 Å². The molecule has 0 saturated carbocycles. The highest BCUT2D eigenvalue weighted by Crippen LogP contribution is 2.27. The molecule has 0 N–H and O–H groups in total. The van der Waals surface area contributed by atoms with Gasteiger partial charge in [0, 0.05) is 18.8 Å². The van der Waals surface area contributed by atoms with Crippen LogP contribution in [-0.2, 0) is 7.05 Å². The molecular formula is C10H9BrN6O. The van der Waals surface area contributed by atoms with Gasteiger partial charge in [-0.1, -0.05) is 0 Å². The highest BCUT2D eigenvalue weighted by Gasteiger charge is 2.15. The molecule has 0 spiro atoms. The Kier molecular flexibility index (Phi) is 2.51. The van der Waals surface area contributed by atoms with E-state index in [2.05, 4.69) is 36.1 Å². The van der Waals surface area contributed by atoms with E-state index < -0.39 is 0 Å². The average molecular weight is 309 g/mol. The lowest BCUT2D eigenvalue weighted by Crippen LogP contribution is -2.00. The van der Waals surface area contributed by atoms with Crippen LogP contribution in [-0.4, -0.2) is 36.5 Å². The van der Waals surface area contributed by atoms with E-state index in [0.717, 1.165) is 5.56 Å². The van der Waals surface area contributed by atoms with Gasteiger partial charge in [-0.2, -0.15) is 14.6 Å². The first-order valence-corrected chi connectivity index (χ1v) is 5.92. The molecule has 0 aromatic carbocycles. The van der Waals surface area contributed by atoms with E-state index in [4.69, 9.17) is 4.74 Å². The Balaban J connectivity index is 2.29. The second-order valence-electron chi connectivity index (χ2n) is 3.67. The van der Waals surface area contributed by atoms with E-state index >= 15 is 0 Å². The molecule has 3 rings (SSSR count). The summed E-state index contributed by atoms with van der Waals surface area (Å²) in [7, 11) is 3.42. The largest absolute Gasteiger partial charge is 0.479 e. The molecular weight excluding hydrogens is 300 g/mol. The van der Waals surface area contributed by atoms with E-state index in [9.17, 15) is 0 Å². The highest BCUT2D eigenvalue weighted by molar-refractivity contribution is 9.10. The summed E-state index contributed by atoms with van der Waals surface area (Å²) in [6.45, 7) is 0. The third-order valence-electron chi connectivity index (χ3n) is 2.48. The lowest BCUT2D eigenvalue weighted by Gasteiger charge is -2.06. The third-order valence-corrected chi connectivity index (χ3v) is 2.82. The summed E-state index contributed by atoms with van der Waals surface area (Å²) in [4.78, 5) is 8.52. The van der Waals surface area contributed by atoms with Gasteiger partial charge < -0.3 is 4.74 Å². The van der Waals surface area contributed by atoms with Gasteiger partial charge in [-0.3, -0.25) is 4.68 Å². The number of hydrogen-bond donors (Lipinski definition) is 0. The lowest BCUT2D eigenvalue weighted by atomic mass is 10.2. The molecule has 8 heteroatoms. The number of fused-ring (bicyclic) bond motifs is 1. The predicted octanol–water partition coefficient (Wildman–Crippen LogP) is 1.30. The number of aromatic nitrogens is 6. The summed E-state index contributed by atoms with van der Waals surface area (Å²) in [5.41, 5.74) is 2.16. The maximum Gasteiger partial charge on any atom is 0.243 e. The van der Waals surface area contributed by atoms with Crippen molar-refractivity contribution in [2.75, 3.05) is 7.11 Å². The molecule has 92 valence electrons. The molecule has 0 atom stereocenters. The Labute approximate surface area is 111 Å². The Bertz CT molecular complexity index is 718. The topological polar surface area (TPSA) is 70.1 Å². The number of hydrogen-bond acceptors (Lipinski definition) is 5. The smallest absolute Gasteiger partial charge is 0.243 e. The molecule has 0 aliphatic heterocycles. The van der Waals surface area contributed by atoms with Crippen LogP contribution >= 0.6 is 15.9 Å². The Morgan fingerprint density at radius 3 is 2.83 bits per heavy atom. The van der Waals surface area contributed by atoms with Gasteiger partial charge in [-0.15, -0.1) is 5.10 Å². The summed E-state index contributed by atoms with van der Waals surface area (Å²) in [5.74, 6) is 0.527. The van der Waals surface area contributed by atoms with E-state index in [0.29, 0.717) is 22.0 Å². The first-order chi connectivity index (χ1) is 8.69. The van der Waals surface area contributed by atoms with Crippen LogP contribution in [0.5, 0.6) is 5.88 Å². The summed E-state index contributed by atoms with van der Waals surface area (Å²) in [5, 5.41) is 8.33. The van der Waals surface area contributed by atoms with Crippen molar-refractivity contribution in [1.29, 1.82) is 0 Å². The average Bonchev–Trinajstić information content (AvgIpc) is 2.92. The quantitative estimate of drug-likeness (QED) is 0.713. The Morgan fingerprint density at radius 1 is 1.33 bits per heavy atom. The molecule has 0 fully saturated rings. The zero-order chi connectivity index (χ0) is 12.7. The zero-order valence-electron chi connectivity index (χ0n) is 9.70. The van der Waals surface area contributed by atoms with Crippen molar-refractivity contribution in [2.45, 2.75) is 0 Å². The molecule has 0 saturated heterocycles. The van der Waals surface area contributed by atoms with E-state index in [1.54, 1.807) is 28.7 Å². The summed E-state index contributed by atoms with van der Waals surface area (Å²) in [6.07, 6.45) is 5.23. The van der Waals surface area contributed by atoms with Crippen molar-refractivity contribution in [3.05, 3.63) is 23.3 Å². The molecule has 7 nitrogen and oxygen atoms in total. The summed E-state index contributed by atoms with van der Waals surface area (Å²) in [6, 6.07) is 0. The minimum Gasteiger partial charge on any atom is -0.479 e. The molecule has 0 radical (unpaired) electrons. The fraction of sp³-hybridized carbons (Fsp3) is 0.200. The van der Waals surface area contributed by atoms with Crippen molar-refractivity contribution < 1.29 is 4.74 Å². The first kappa shape index (κ1) is 11.1. The number of rotatable bonds is 2. The van der Waals surface area contributed by atoms with Crippen molar-refractivity contribution >= 4 is 21.6 Å². The van der Waals surface area contributed by atoms with Crippen LogP contribution in [0.2, 0.25) is 0 Å². The van der Waals surface area contributed by atoms with Crippen molar-refractivity contribution in [1.82, 2.24) is 29.4 Å². The van der Waals surface area contributed by atoms with Gasteiger partial charge >= 0.3 is 0 Å². The molecule has 18 heavy (non-hydrogen) atoms. The normalized spacial score (nSPS) is 11.1. The van der Waals surface area contributed by atoms with Gasteiger partial charge in [0.05, 0.1) is 19.5 Å². The van der Waals surface area contributed by atoms with Crippen molar-refractivity contribution in [3.63, 3.8) is 0 Å². The Morgan fingerprint density at radius 2 is 2.17 bits per heavy atom. The monoisotopic (exact) mass is 308 g/mol. The molecule has 0 amide bonds. The van der Waals surface area contributed by atoms with Crippen LogP contribution in [0.4, 0.5) is 0 Å². The molecule has 3 aromatic rings. The predicted molar refractivity (Wildman–Crippen MR) is 67.2 cm³/mol. The van der Waals surface area contributed by atoms with Gasteiger partial charge in [0.1, 0.15) is 5.69 Å². The highest BCUT2D eigenvalue weighted by atomic mass is 79.9. The maximum atomic E-state index is 5.38. The molecule has 0 aliphatic rings. The van der Waals surface area contributed by atoms with Gasteiger partial charge in [0.2, 0.25) is 10.6 Å². The minimum atomic E-state index is 0.492. The van der Waals surface area contributed by atoms with Gasteiger partial charge in [0.15, 0.2) is 5.65 Å². The maximum absolute atomic E-state index is 5.38. The van der Waals surface area contributed by atoms with Gasteiger partial charge in [0.25, 0.3) is 0 Å². The summed E-state index contributed by atoms with van der Waals surface area (Å²) >= 11 is 3.23. The fourth-order valence-corrected chi connectivity index (χ4v) is 2.07. The number of ether oxygens (including phenoxy) is 1. The molecule has 3 aromatic heterocycles.